The van der Waals surface area contributed by atoms with Gasteiger partial charge in [0.05, 0.1) is 0 Å². The summed E-state index contributed by atoms with van der Waals surface area (Å²) in [5, 5.41) is 3.71. The molecule has 3 rings (SSSR count). The van der Waals surface area contributed by atoms with Crippen LogP contribution in [0.3, 0.4) is 0 Å². The molecule has 0 aromatic heterocycles. The summed E-state index contributed by atoms with van der Waals surface area (Å²) in [6.07, 6.45) is 8.63. The fourth-order valence-electron chi connectivity index (χ4n) is 3.37. The first kappa shape index (κ1) is 11.0. The number of hydrogen-bond donors (Lipinski definition) is 1. The van der Waals surface area contributed by atoms with Crippen LogP contribution in [0.5, 0.6) is 0 Å². The molecule has 0 amide bonds. The van der Waals surface area contributed by atoms with Crippen molar-refractivity contribution in [2.45, 2.75) is 57.5 Å². The first-order chi connectivity index (χ1) is 7.86. The van der Waals surface area contributed by atoms with Gasteiger partial charge in [0.2, 0.25) is 0 Å². The van der Waals surface area contributed by atoms with Gasteiger partial charge in [0.15, 0.2) is 0 Å². The normalized spacial score (nSPS) is 39.9. The summed E-state index contributed by atoms with van der Waals surface area (Å²) in [4.78, 5) is 2.79. The number of likely N-dealkylation sites (tertiary alicyclic amines) is 1. The van der Waals surface area contributed by atoms with Crippen LogP contribution in [-0.4, -0.2) is 36.6 Å². The molecule has 2 heteroatoms. The molecule has 2 aliphatic carbocycles. The first-order valence-corrected chi connectivity index (χ1v) is 7.34. The highest BCUT2D eigenvalue weighted by Crippen LogP contribution is 2.36. The lowest BCUT2D eigenvalue weighted by molar-refractivity contribution is 0.0786. The molecule has 0 bridgehead atoms. The van der Waals surface area contributed by atoms with Crippen molar-refractivity contribution in [3.05, 3.63) is 0 Å². The topological polar surface area (TPSA) is 15.3 Å². The molecule has 3 fully saturated rings. The van der Waals surface area contributed by atoms with Gasteiger partial charge in [-0.25, -0.2) is 0 Å². The lowest BCUT2D eigenvalue weighted by Crippen LogP contribution is -2.49. The Balaban J connectivity index is 1.43. The van der Waals surface area contributed by atoms with Gasteiger partial charge in [-0.15, -0.1) is 0 Å². The van der Waals surface area contributed by atoms with Crippen molar-refractivity contribution >= 4 is 0 Å². The molecule has 0 spiro atoms. The van der Waals surface area contributed by atoms with E-state index in [4.69, 9.17) is 0 Å². The maximum absolute atomic E-state index is 3.71. The quantitative estimate of drug-likeness (QED) is 0.767. The van der Waals surface area contributed by atoms with E-state index < -0.39 is 0 Å². The highest BCUT2D eigenvalue weighted by molar-refractivity contribution is 4.94. The minimum absolute atomic E-state index is 0.892. The van der Waals surface area contributed by atoms with E-state index in [1.165, 1.54) is 58.2 Å². The van der Waals surface area contributed by atoms with Crippen LogP contribution in [0.15, 0.2) is 0 Å². The van der Waals surface area contributed by atoms with E-state index in [9.17, 15) is 0 Å². The molecule has 0 aromatic rings. The third-order valence-corrected chi connectivity index (χ3v) is 4.99. The molecule has 1 saturated heterocycles. The largest absolute Gasteiger partial charge is 0.314 e. The molecule has 16 heavy (non-hydrogen) atoms. The van der Waals surface area contributed by atoms with Crippen molar-refractivity contribution in [1.82, 2.24) is 10.2 Å². The minimum Gasteiger partial charge on any atom is -0.314 e. The Morgan fingerprint density at radius 1 is 1.12 bits per heavy atom. The van der Waals surface area contributed by atoms with Crippen molar-refractivity contribution in [3.63, 3.8) is 0 Å². The molecular formula is C14H26N2. The van der Waals surface area contributed by atoms with Crippen molar-refractivity contribution in [3.8, 4) is 0 Å². The van der Waals surface area contributed by atoms with Crippen LogP contribution in [-0.2, 0) is 0 Å². The Hall–Kier alpha value is -0.0800. The molecular weight excluding hydrogens is 196 g/mol. The second-order valence-electron chi connectivity index (χ2n) is 6.15. The van der Waals surface area contributed by atoms with Gasteiger partial charge in [-0.2, -0.15) is 0 Å². The fourth-order valence-corrected chi connectivity index (χ4v) is 3.37. The van der Waals surface area contributed by atoms with E-state index >= 15 is 0 Å². The van der Waals surface area contributed by atoms with Crippen molar-refractivity contribution in [1.29, 1.82) is 0 Å². The maximum atomic E-state index is 3.71. The summed E-state index contributed by atoms with van der Waals surface area (Å²) in [5.74, 6) is 1.97. The van der Waals surface area contributed by atoms with Gasteiger partial charge in [0.1, 0.15) is 0 Å². The van der Waals surface area contributed by atoms with Gasteiger partial charge in [0, 0.05) is 18.6 Å². The maximum Gasteiger partial charge on any atom is 0.0136 e. The van der Waals surface area contributed by atoms with Gasteiger partial charge in [0.25, 0.3) is 0 Å². The number of rotatable bonds is 5. The standard InChI is InChI=1S/C14H26N2/c1-2-11-7-8-16(10-11)14-6-3-12(14)9-15-13-4-5-13/h11-15H,2-10H2,1H3. The first-order valence-electron chi connectivity index (χ1n) is 7.34. The monoisotopic (exact) mass is 222 g/mol. The molecule has 92 valence electrons. The van der Waals surface area contributed by atoms with Crippen LogP contribution in [0.1, 0.15) is 45.4 Å². The zero-order valence-corrected chi connectivity index (χ0v) is 10.6. The summed E-state index contributed by atoms with van der Waals surface area (Å²) in [6, 6.07) is 1.83. The van der Waals surface area contributed by atoms with Crippen molar-refractivity contribution < 1.29 is 0 Å². The smallest absolute Gasteiger partial charge is 0.0136 e. The third-order valence-electron chi connectivity index (χ3n) is 4.99. The number of nitrogens with zero attached hydrogens (tertiary/aromatic N) is 1. The van der Waals surface area contributed by atoms with Gasteiger partial charge in [-0.05, 0) is 57.0 Å². The Bertz CT molecular complexity index is 237. The SMILES string of the molecule is CCC1CCN(C2CCC2CNC2CC2)C1. The summed E-state index contributed by atoms with van der Waals surface area (Å²) >= 11 is 0. The van der Waals surface area contributed by atoms with Crippen molar-refractivity contribution in [2.24, 2.45) is 11.8 Å². The van der Waals surface area contributed by atoms with Gasteiger partial charge in [-0.1, -0.05) is 13.3 Å². The van der Waals surface area contributed by atoms with E-state index in [1.54, 1.807) is 0 Å². The van der Waals surface area contributed by atoms with E-state index in [1.807, 2.05) is 0 Å². The van der Waals surface area contributed by atoms with Gasteiger partial charge < -0.3 is 5.32 Å². The molecule has 1 N–H and O–H groups in total. The lowest BCUT2D eigenvalue weighted by Gasteiger charge is -2.43. The highest BCUT2D eigenvalue weighted by atomic mass is 15.2. The van der Waals surface area contributed by atoms with E-state index in [-0.39, 0.29) is 0 Å². The van der Waals surface area contributed by atoms with Crippen LogP contribution in [0.4, 0.5) is 0 Å². The van der Waals surface area contributed by atoms with Gasteiger partial charge >= 0.3 is 0 Å². The Kier molecular flexibility index (Phi) is 3.21. The second kappa shape index (κ2) is 4.66. The summed E-state index contributed by atoms with van der Waals surface area (Å²) in [7, 11) is 0. The number of nitrogens with one attached hydrogen (secondary N) is 1. The fraction of sp³-hybridized carbons (Fsp3) is 1.00. The molecule has 0 aromatic carbocycles. The zero-order valence-electron chi connectivity index (χ0n) is 10.6. The molecule has 3 atom stereocenters. The average Bonchev–Trinajstić information content (AvgIpc) is 2.96. The molecule has 2 nitrogen and oxygen atoms in total. The minimum atomic E-state index is 0.892. The predicted molar refractivity (Wildman–Crippen MR) is 67.5 cm³/mol. The summed E-state index contributed by atoms with van der Waals surface area (Å²) < 4.78 is 0. The Labute approximate surface area is 99.8 Å². The molecule has 3 aliphatic rings. The molecule has 0 radical (unpaired) electrons. The third kappa shape index (κ3) is 2.28. The zero-order chi connectivity index (χ0) is 11.0. The summed E-state index contributed by atoms with van der Waals surface area (Å²) in [6.45, 7) is 6.41. The Morgan fingerprint density at radius 3 is 2.56 bits per heavy atom. The molecule has 3 unspecified atom stereocenters. The van der Waals surface area contributed by atoms with Crippen molar-refractivity contribution in [2.75, 3.05) is 19.6 Å². The average molecular weight is 222 g/mol. The summed E-state index contributed by atoms with van der Waals surface area (Å²) in [5.41, 5.74) is 0. The van der Waals surface area contributed by atoms with E-state index in [0.29, 0.717) is 0 Å². The highest BCUT2D eigenvalue weighted by Gasteiger charge is 2.38. The van der Waals surface area contributed by atoms with E-state index in [0.717, 1.165) is 23.9 Å². The van der Waals surface area contributed by atoms with Crippen LogP contribution >= 0.6 is 0 Å². The Morgan fingerprint density at radius 2 is 2.00 bits per heavy atom. The van der Waals surface area contributed by atoms with Gasteiger partial charge in [-0.3, -0.25) is 4.90 Å². The van der Waals surface area contributed by atoms with Crippen LogP contribution in [0, 0.1) is 11.8 Å². The van der Waals surface area contributed by atoms with Crippen LogP contribution < -0.4 is 5.32 Å². The second-order valence-corrected chi connectivity index (χ2v) is 6.15. The lowest BCUT2D eigenvalue weighted by atomic mass is 9.78. The molecule has 1 heterocycles. The van der Waals surface area contributed by atoms with E-state index in [2.05, 4.69) is 17.1 Å². The molecule has 1 aliphatic heterocycles. The molecule has 2 saturated carbocycles. The predicted octanol–water partition coefficient (Wildman–Crippen LogP) is 2.25. The van der Waals surface area contributed by atoms with Crippen LogP contribution in [0.25, 0.3) is 0 Å². The van der Waals surface area contributed by atoms with Crippen LogP contribution in [0.2, 0.25) is 0 Å². The number of hydrogen-bond acceptors (Lipinski definition) is 2.